The maximum absolute atomic E-state index is 13.0. The second-order valence-corrected chi connectivity index (χ2v) is 8.38. The molecule has 0 amide bonds. The molecule has 1 aromatic rings. The molecule has 1 fully saturated rings. The van der Waals surface area contributed by atoms with E-state index in [1.54, 1.807) is 0 Å². The molecule has 0 aromatic heterocycles. The zero-order valence-corrected chi connectivity index (χ0v) is 18.7. The highest BCUT2D eigenvalue weighted by Crippen LogP contribution is 2.48. The van der Waals surface area contributed by atoms with Gasteiger partial charge in [0.25, 0.3) is 0 Å². The van der Waals surface area contributed by atoms with E-state index in [0.717, 1.165) is 16.7 Å². The van der Waals surface area contributed by atoms with Gasteiger partial charge in [0.1, 0.15) is 12.2 Å². The fourth-order valence-corrected chi connectivity index (χ4v) is 4.50. The van der Waals surface area contributed by atoms with Crippen molar-refractivity contribution in [3.63, 3.8) is 0 Å². The van der Waals surface area contributed by atoms with Gasteiger partial charge in [0.2, 0.25) is 0 Å². The quantitative estimate of drug-likeness (QED) is 0.463. The number of hydrogen-bond donors (Lipinski definition) is 0. The molecule has 1 saturated carbocycles. The Hall–Kier alpha value is -2.13. The lowest BCUT2D eigenvalue weighted by Gasteiger charge is -2.36. The summed E-state index contributed by atoms with van der Waals surface area (Å²) in [6.07, 6.45) is -3.87. The fourth-order valence-electron chi connectivity index (χ4n) is 4.42. The summed E-state index contributed by atoms with van der Waals surface area (Å²) in [5, 5.41) is -0.164. The number of methoxy groups -OCH3 is 1. The molecule has 170 valence electrons. The Bertz CT molecular complexity index is 891. The van der Waals surface area contributed by atoms with Crippen molar-refractivity contribution >= 4 is 29.0 Å². The molecule has 0 atom stereocenters. The van der Waals surface area contributed by atoms with Crippen LogP contribution in [-0.4, -0.2) is 42.8 Å². The van der Waals surface area contributed by atoms with Crippen molar-refractivity contribution in [1.82, 2.24) is 0 Å². The van der Waals surface area contributed by atoms with Crippen molar-refractivity contribution in [3.8, 4) is 0 Å². The molecule has 31 heavy (non-hydrogen) atoms. The third kappa shape index (κ3) is 5.03. The van der Waals surface area contributed by atoms with Crippen molar-refractivity contribution in [2.24, 2.45) is 0 Å². The van der Waals surface area contributed by atoms with Gasteiger partial charge < -0.3 is 18.9 Å². The van der Waals surface area contributed by atoms with Crippen molar-refractivity contribution in [2.45, 2.75) is 64.3 Å². The second kappa shape index (κ2) is 8.78. The molecule has 9 heteroatoms. The highest BCUT2D eigenvalue weighted by Gasteiger charge is 2.53. The van der Waals surface area contributed by atoms with E-state index in [1.807, 2.05) is 32.9 Å². The van der Waals surface area contributed by atoms with E-state index in [9.17, 15) is 18.0 Å². The molecule has 1 aromatic carbocycles. The molecule has 1 spiro atoms. The van der Waals surface area contributed by atoms with Gasteiger partial charge in [0.05, 0.1) is 13.2 Å². The molecular weight excluding hydrogens is 433 g/mol. The Morgan fingerprint density at radius 1 is 1.19 bits per heavy atom. The smallest absolute Gasteiger partial charge is 0.411 e. The highest BCUT2D eigenvalue weighted by atomic mass is 32.1. The van der Waals surface area contributed by atoms with E-state index in [1.165, 1.54) is 7.11 Å². The van der Waals surface area contributed by atoms with Crippen LogP contribution in [0.3, 0.4) is 0 Å². The van der Waals surface area contributed by atoms with Gasteiger partial charge in [-0.2, -0.15) is 13.2 Å². The van der Waals surface area contributed by atoms with Crippen LogP contribution in [0.5, 0.6) is 0 Å². The minimum Gasteiger partial charge on any atom is -0.460 e. The Balaban J connectivity index is 1.97. The monoisotopic (exact) mass is 458 g/mol. The number of hydrogen-bond acceptors (Lipinski definition) is 6. The first-order chi connectivity index (χ1) is 14.5. The molecule has 5 nitrogen and oxygen atoms in total. The first kappa shape index (κ1) is 23.5. The van der Waals surface area contributed by atoms with Gasteiger partial charge in [-0.15, -0.1) is 0 Å². The molecule has 0 N–H and O–H groups in total. The number of ether oxygens (including phenoxy) is 4. The van der Waals surface area contributed by atoms with Gasteiger partial charge in [-0.1, -0.05) is 17.7 Å². The minimum atomic E-state index is -4.39. The van der Waals surface area contributed by atoms with Crippen LogP contribution in [0.25, 0.3) is 5.57 Å². The standard InChI is InChI=1S/C22H25F3O5S/c1-12-9-13(2)16(14(3)10-12)17-18(29-20(31)27-4)21(30-19(17)26)7-5-15(6-8-21)28-11-22(23,24)25/h9-10,15H,5-8,11H2,1-4H3. The number of rotatable bonds is 4. The Kier molecular flexibility index (Phi) is 6.67. The third-order valence-electron chi connectivity index (χ3n) is 5.64. The SMILES string of the molecule is COC(=S)OC1=C(c2c(C)cc(C)cc2C)C(=O)OC12CCC(OCC(F)(F)F)CC2. The summed E-state index contributed by atoms with van der Waals surface area (Å²) in [6, 6.07) is 3.92. The highest BCUT2D eigenvalue weighted by molar-refractivity contribution is 7.79. The first-order valence-electron chi connectivity index (χ1n) is 9.96. The van der Waals surface area contributed by atoms with E-state index >= 15 is 0 Å². The fraction of sp³-hybridized carbons (Fsp3) is 0.545. The Labute approximate surface area is 184 Å². The number of aryl methyl sites for hydroxylation is 3. The number of alkyl halides is 3. The number of thiocarbonyl (C=S) groups is 1. The average Bonchev–Trinajstić information content (AvgIpc) is 2.91. The van der Waals surface area contributed by atoms with Crippen LogP contribution in [0.4, 0.5) is 13.2 Å². The zero-order valence-electron chi connectivity index (χ0n) is 17.9. The normalized spacial score (nSPS) is 23.8. The maximum Gasteiger partial charge on any atom is 0.411 e. The summed E-state index contributed by atoms with van der Waals surface area (Å²) in [5.74, 6) is -0.285. The van der Waals surface area contributed by atoms with Crippen molar-refractivity contribution in [3.05, 3.63) is 40.1 Å². The van der Waals surface area contributed by atoms with Gasteiger partial charge >= 0.3 is 17.4 Å². The van der Waals surface area contributed by atoms with Gasteiger partial charge in [-0.25, -0.2) is 4.79 Å². The first-order valence-corrected chi connectivity index (χ1v) is 10.4. The van der Waals surface area contributed by atoms with Crippen LogP contribution >= 0.6 is 12.2 Å². The molecule has 1 heterocycles. The predicted molar refractivity (Wildman–Crippen MR) is 111 cm³/mol. The van der Waals surface area contributed by atoms with Gasteiger partial charge in [0.15, 0.2) is 11.4 Å². The minimum absolute atomic E-state index is 0.164. The van der Waals surface area contributed by atoms with Crippen LogP contribution in [-0.2, 0) is 23.7 Å². The summed E-state index contributed by atoms with van der Waals surface area (Å²) in [4.78, 5) is 13.0. The zero-order chi connectivity index (χ0) is 23.0. The maximum atomic E-state index is 13.0. The molecule has 1 aliphatic carbocycles. The van der Waals surface area contributed by atoms with Crippen molar-refractivity contribution in [1.29, 1.82) is 0 Å². The van der Waals surface area contributed by atoms with Crippen LogP contribution < -0.4 is 0 Å². The largest absolute Gasteiger partial charge is 0.460 e. The second-order valence-electron chi connectivity index (χ2n) is 8.04. The molecule has 3 rings (SSSR count). The average molecular weight is 458 g/mol. The van der Waals surface area contributed by atoms with E-state index in [4.69, 9.17) is 31.2 Å². The number of halogens is 3. The summed E-state index contributed by atoms with van der Waals surface area (Å²) < 4.78 is 59.1. The number of carbonyl (C=O) groups is 1. The van der Waals surface area contributed by atoms with E-state index in [-0.39, 0.29) is 42.3 Å². The van der Waals surface area contributed by atoms with Crippen molar-refractivity contribution < 1.29 is 36.9 Å². The molecule has 0 radical (unpaired) electrons. The lowest BCUT2D eigenvalue weighted by molar-refractivity contribution is -0.192. The number of carbonyl (C=O) groups excluding carboxylic acids is 1. The van der Waals surface area contributed by atoms with Crippen LogP contribution in [0, 0.1) is 20.8 Å². The Morgan fingerprint density at radius 3 is 2.29 bits per heavy atom. The van der Waals surface area contributed by atoms with Gasteiger partial charge in [-0.3, -0.25) is 0 Å². The molecule has 2 aliphatic rings. The van der Waals surface area contributed by atoms with Crippen LogP contribution in [0.1, 0.15) is 47.9 Å². The van der Waals surface area contributed by atoms with E-state index in [2.05, 4.69) is 0 Å². The molecule has 1 aliphatic heterocycles. The predicted octanol–water partition coefficient (Wildman–Crippen LogP) is 5.09. The van der Waals surface area contributed by atoms with E-state index < -0.39 is 30.5 Å². The molecule has 0 bridgehead atoms. The van der Waals surface area contributed by atoms with E-state index in [0.29, 0.717) is 5.56 Å². The molecular formula is C22H25F3O5S. The lowest BCUT2D eigenvalue weighted by atomic mass is 9.80. The number of benzene rings is 1. The van der Waals surface area contributed by atoms with Gasteiger partial charge in [-0.05, 0) is 63.1 Å². The van der Waals surface area contributed by atoms with Crippen LogP contribution in [0.2, 0.25) is 0 Å². The van der Waals surface area contributed by atoms with Crippen LogP contribution in [0.15, 0.2) is 17.9 Å². The lowest BCUT2D eigenvalue weighted by Crippen LogP contribution is -2.40. The summed E-state index contributed by atoms with van der Waals surface area (Å²) >= 11 is 5.08. The van der Waals surface area contributed by atoms with Crippen molar-refractivity contribution in [2.75, 3.05) is 13.7 Å². The Morgan fingerprint density at radius 2 is 1.77 bits per heavy atom. The number of esters is 1. The molecule has 0 saturated heterocycles. The summed E-state index contributed by atoms with van der Waals surface area (Å²) in [5.41, 5.74) is 2.69. The van der Waals surface area contributed by atoms with Gasteiger partial charge in [0, 0.05) is 12.2 Å². The summed E-state index contributed by atoms with van der Waals surface area (Å²) in [7, 11) is 1.36. The summed E-state index contributed by atoms with van der Waals surface area (Å²) in [6.45, 7) is 4.46. The third-order valence-corrected chi connectivity index (χ3v) is 5.89. The molecule has 0 unspecified atom stereocenters. The topological polar surface area (TPSA) is 54.0 Å².